The van der Waals surface area contributed by atoms with Crippen molar-refractivity contribution in [3.63, 3.8) is 0 Å². The first-order valence-electron chi connectivity index (χ1n) is 10.7. The van der Waals surface area contributed by atoms with E-state index in [0.29, 0.717) is 32.1 Å². The van der Waals surface area contributed by atoms with Crippen LogP contribution in [0.5, 0.6) is 5.75 Å². The first-order chi connectivity index (χ1) is 15.2. The van der Waals surface area contributed by atoms with Gasteiger partial charge >= 0.3 is 5.97 Å². The minimum atomic E-state index is -0.224. The fraction of sp³-hybridized carbons (Fsp3) is 0.417. The largest absolute Gasteiger partial charge is 0.493 e. The fourth-order valence-electron chi connectivity index (χ4n) is 3.33. The molecule has 0 radical (unpaired) electrons. The van der Waals surface area contributed by atoms with Crippen LogP contribution >= 0.6 is 11.8 Å². The van der Waals surface area contributed by atoms with Crippen LogP contribution in [0, 0.1) is 0 Å². The van der Waals surface area contributed by atoms with Crippen molar-refractivity contribution in [2.75, 3.05) is 50.8 Å². The van der Waals surface area contributed by atoms with Crippen LogP contribution in [0.2, 0.25) is 0 Å². The summed E-state index contributed by atoms with van der Waals surface area (Å²) >= 11 is 1.59. The van der Waals surface area contributed by atoms with E-state index in [9.17, 15) is 9.59 Å². The molecule has 0 bridgehead atoms. The summed E-state index contributed by atoms with van der Waals surface area (Å²) in [6.45, 7) is 4.00. The van der Waals surface area contributed by atoms with Gasteiger partial charge in [-0.15, -0.1) is 11.8 Å². The highest BCUT2D eigenvalue weighted by atomic mass is 32.2. The highest BCUT2D eigenvalue weighted by Crippen LogP contribution is 2.11. The van der Waals surface area contributed by atoms with Crippen molar-refractivity contribution < 1.29 is 19.1 Å². The second-order valence-corrected chi connectivity index (χ2v) is 8.48. The lowest BCUT2D eigenvalue weighted by Crippen LogP contribution is -2.37. The summed E-state index contributed by atoms with van der Waals surface area (Å²) in [5.41, 5.74) is 0.982. The van der Waals surface area contributed by atoms with Crippen molar-refractivity contribution in [2.45, 2.75) is 13.0 Å². The Labute approximate surface area is 188 Å². The van der Waals surface area contributed by atoms with Crippen molar-refractivity contribution in [2.24, 2.45) is 0 Å². The van der Waals surface area contributed by atoms with Crippen molar-refractivity contribution >= 4 is 23.6 Å². The third-order valence-electron chi connectivity index (χ3n) is 5.00. The van der Waals surface area contributed by atoms with E-state index in [1.54, 1.807) is 11.8 Å². The number of ether oxygens (including phenoxy) is 2. The second kappa shape index (κ2) is 13.0. The predicted molar refractivity (Wildman–Crippen MR) is 123 cm³/mol. The van der Waals surface area contributed by atoms with Crippen molar-refractivity contribution in [1.82, 2.24) is 9.80 Å². The number of esters is 1. The van der Waals surface area contributed by atoms with E-state index in [2.05, 4.69) is 4.90 Å². The van der Waals surface area contributed by atoms with Gasteiger partial charge < -0.3 is 14.4 Å². The molecule has 0 saturated carbocycles. The zero-order valence-corrected chi connectivity index (χ0v) is 18.6. The van der Waals surface area contributed by atoms with Gasteiger partial charge in [-0.1, -0.05) is 48.5 Å². The van der Waals surface area contributed by atoms with Crippen LogP contribution in [0.3, 0.4) is 0 Å². The smallest absolute Gasteiger partial charge is 0.320 e. The number of carbonyl (C=O) groups is 2. The Kier molecular flexibility index (Phi) is 9.73. The van der Waals surface area contributed by atoms with E-state index in [1.807, 2.05) is 65.6 Å². The monoisotopic (exact) mass is 442 g/mol. The molecule has 1 saturated heterocycles. The summed E-state index contributed by atoms with van der Waals surface area (Å²) in [6, 6.07) is 19.4. The lowest BCUT2D eigenvalue weighted by atomic mass is 10.2. The SMILES string of the molecule is O=C(CN1CCCN(C(=O)CSCCOc2ccccc2)CC1)OCc1ccccc1. The van der Waals surface area contributed by atoms with Gasteiger partial charge in [0.1, 0.15) is 12.4 Å². The summed E-state index contributed by atoms with van der Waals surface area (Å²) in [7, 11) is 0. The van der Waals surface area contributed by atoms with Gasteiger partial charge in [-0.25, -0.2) is 0 Å². The number of carbonyl (C=O) groups excluding carboxylic acids is 2. The number of benzene rings is 2. The maximum Gasteiger partial charge on any atom is 0.320 e. The Balaban J connectivity index is 1.29. The minimum Gasteiger partial charge on any atom is -0.493 e. The summed E-state index contributed by atoms with van der Waals surface area (Å²) in [5, 5.41) is 0. The number of thioether (sulfide) groups is 1. The molecule has 6 nitrogen and oxygen atoms in total. The van der Waals surface area contributed by atoms with E-state index >= 15 is 0 Å². The summed E-state index contributed by atoms with van der Waals surface area (Å²) < 4.78 is 11.0. The van der Waals surface area contributed by atoms with Gasteiger partial charge in [0.2, 0.25) is 5.91 Å². The van der Waals surface area contributed by atoms with Gasteiger partial charge in [-0.05, 0) is 24.1 Å². The van der Waals surface area contributed by atoms with Gasteiger partial charge in [0.05, 0.1) is 18.9 Å². The molecule has 0 spiro atoms. The number of rotatable bonds is 10. The first kappa shape index (κ1) is 23.2. The third-order valence-corrected chi connectivity index (χ3v) is 5.91. The van der Waals surface area contributed by atoms with Crippen LogP contribution < -0.4 is 4.74 Å². The topological polar surface area (TPSA) is 59.1 Å². The zero-order chi connectivity index (χ0) is 21.7. The molecule has 3 rings (SSSR count). The van der Waals surface area contributed by atoms with E-state index < -0.39 is 0 Å². The van der Waals surface area contributed by atoms with E-state index in [4.69, 9.17) is 9.47 Å². The van der Waals surface area contributed by atoms with Crippen LogP contribution in [0.25, 0.3) is 0 Å². The maximum absolute atomic E-state index is 12.5. The molecule has 1 fully saturated rings. The van der Waals surface area contributed by atoms with Crippen LogP contribution in [0.4, 0.5) is 0 Å². The molecule has 166 valence electrons. The average Bonchev–Trinajstić information content (AvgIpc) is 3.04. The molecule has 1 aliphatic rings. The van der Waals surface area contributed by atoms with E-state index in [-0.39, 0.29) is 18.4 Å². The highest BCUT2D eigenvalue weighted by Gasteiger charge is 2.20. The van der Waals surface area contributed by atoms with Crippen LogP contribution in [-0.2, 0) is 20.9 Å². The van der Waals surface area contributed by atoms with Gasteiger partial charge in [0.25, 0.3) is 0 Å². The highest BCUT2D eigenvalue weighted by molar-refractivity contribution is 7.99. The third kappa shape index (κ3) is 8.63. The predicted octanol–water partition coefficient (Wildman–Crippen LogP) is 3.08. The van der Waals surface area contributed by atoms with Gasteiger partial charge in [-0.3, -0.25) is 14.5 Å². The molecule has 2 aromatic carbocycles. The Hall–Kier alpha value is -2.51. The molecule has 1 amide bonds. The molecule has 0 aromatic heterocycles. The van der Waals surface area contributed by atoms with E-state index in [0.717, 1.165) is 36.6 Å². The first-order valence-corrected chi connectivity index (χ1v) is 11.8. The second-order valence-electron chi connectivity index (χ2n) is 7.37. The van der Waals surface area contributed by atoms with Crippen molar-refractivity contribution in [3.05, 3.63) is 66.2 Å². The lowest BCUT2D eigenvalue weighted by Gasteiger charge is -2.21. The van der Waals surface area contributed by atoms with Crippen molar-refractivity contribution in [1.29, 1.82) is 0 Å². The standard InChI is InChI=1S/C24H30N2O4S/c27-23(20-31-17-16-29-22-10-5-2-6-11-22)26-13-7-12-25(14-15-26)18-24(28)30-19-21-8-3-1-4-9-21/h1-6,8-11H,7,12-20H2. The van der Waals surface area contributed by atoms with Crippen LogP contribution in [-0.4, -0.2) is 72.5 Å². The van der Waals surface area contributed by atoms with Gasteiger partial charge in [0, 0.05) is 31.9 Å². The molecule has 1 aliphatic heterocycles. The zero-order valence-electron chi connectivity index (χ0n) is 17.8. The Morgan fingerprint density at radius 3 is 2.42 bits per heavy atom. The fourth-order valence-corrected chi connectivity index (χ4v) is 4.03. The summed E-state index contributed by atoms with van der Waals surface area (Å²) in [5.74, 6) is 2.01. The average molecular weight is 443 g/mol. The van der Waals surface area contributed by atoms with Crippen LogP contribution in [0.15, 0.2) is 60.7 Å². The van der Waals surface area contributed by atoms with E-state index in [1.165, 1.54) is 0 Å². The van der Waals surface area contributed by atoms with Crippen LogP contribution in [0.1, 0.15) is 12.0 Å². The minimum absolute atomic E-state index is 0.151. The Morgan fingerprint density at radius 2 is 1.65 bits per heavy atom. The molecule has 7 heteroatoms. The van der Waals surface area contributed by atoms with Gasteiger partial charge in [-0.2, -0.15) is 0 Å². The summed E-state index contributed by atoms with van der Waals surface area (Å²) in [6.07, 6.45) is 0.861. The molecule has 0 aliphatic carbocycles. The molecule has 0 N–H and O–H groups in total. The number of para-hydroxylation sites is 1. The van der Waals surface area contributed by atoms with Crippen molar-refractivity contribution in [3.8, 4) is 5.75 Å². The lowest BCUT2D eigenvalue weighted by molar-refractivity contribution is -0.146. The molecule has 1 heterocycles. The Morgan fingerprint density at radius 1 is 0.903 bits per heavy atom. The number of amides is 1. The number of hydrogen-bond donors (Lipinski definition) is 0. The normalized spacial score (nSPS) is 14.6. The van der Waals surface area contributed by atoms with Gasteiger partial charge in [0.15, 0.2) is 0 Å². The number of hydrogen-bond acceptors (Lipinski definition) is 6. The molecule has 0 atom stereocenters. The quantitative estimate of drug-likeness (QED) is 0.416. The molecule has 0 unspecified atom stereocenters. The number of nitrogens with zero attached hydrogens (tertiary/aromatic N) is 2. The maximum atomic E-state index is 12.5. The molecular formula is C24H30N2O4S. The molecular weight excluding hydrogens is 412 g/mol. The Bertz CT molecular complexity index is 804. The molecule has 31 heavy (non-hydrogen) atoms. The summed E-state index contributed by atoms with van der Waals surface area (Å²) in [4.78, 5) is 28.7. The molecule has 2 aromatic rings.